The normalized spacial score (nSPS) is 24.2. The van der Waals surface area contributed by atoms with Crippen LogP contribution < -0.4 is 0 Å². The van der Waals surface area contributed by atoms with Gasteiger partial charge in [-0.1, -0.05) is 37.9 Å². The van der Waals surface area contributed by atoms with E-state index in [0.29, 0.717) is 17.0 Å². The summed E-state index contributed by atoms with van der Waals surface area (Å²) in [6.07, 6.45) is 3.22. The van der Waals surface area contributed by atoms with Crippen molar-refractivity contribution in [3.8, 4) is 0 Å². The van der Waals surface area contributed by atoms with Gasteiger partial charge in [-0.2, -0.15) is 0 Å². The Labute approximate surface area is 113 Å². The molecule has 0 aliphatic heterocycles. The third-order valence-corrected chi connectivity index (χ3v) is 4.48. The van der Waals surface area contributed by atoms with Crippen molar-refractivity contribution >= 4 is 11.6 Å². The van der Waals surface area contributed by atoms with Gasteiger partial charge in [0.25, 0.3) is 0 Å². The second-order valence-corrected chi connectivity index (χ2v) is 6.43. The van der Waals surface area contributed by atoms with Gasteiger partial charge in [0.05, 0.1) is 6.10 Å². The molecule has 0 saturated heterocycles. The molecule has 2 atom stereocenters. The van der Waals surface area contributed by atoms with Crippen LogP contribution in [0.25, 0.3) is 0 Å². The minimum atomic E-state index is -0.474. The highest BCUT2D eigenvalue weighted by atomic mass is 35.5. The molecule has 1 aliphatic carbocycles. The fourth-order valence-corrected chi connectivity index (χ4v) is 3.28. The highest BCUT2D eigenvalue weighted by Crippen LogP contribution is 2.45. The molecule has 18 heavy (non-hydrogen) atoms. The van der Waals surface area contributed by atoms with Crippen molar-refractivity contribution in [1.29, 1.82) is 0 Å². The van der Waals surface area contributed by atoms with Crippen molar-refractivity contribution in [2.24, 2.45) is 11.3 Å². The molecule has 1 N–H and O–H groups in total. The van der Waals surface area contributed by atoms with E-state index in [4.69, 9.17) is 11.6 Å². The van der Waals surface area contributed by atoms with Crippen LogP contribution in [-0.2, 0) is 6.42 Å². The molecular formula is C15H20ClFO. The third kappa shape index (κ3) is 2.86. The molecule has 0 heterocycles. The number of aliphatic hydroxyl groups is 1. The zero-order chi connectivity index (χ0) is 13.3. The Hall–Kier alpha value is -0.600. The summed E-state index contributed by atoms with van der Waals surface area (Å²) in [5, 5.41) is 10.7. The summed E-state index contributed by atoms with van der Waals surface area (Å²) in [5.41, 5.74) is 0.706. The van der Waals surface area contributed by atoms with Gasteiger partial charge in [0, 0.05) is 11.4 Å². The Bertz CT molecular complexity index is 431. The van der Waals surface area contributed by atoms with E-state index in [2.05, 4.69) is 13.8 Å². The Morgan fingerprint density at radius 2 is 2.22 bits per heavy atom. The first-order chi connectivity index (χ1) is 8.40. The minimum Gasteiger partial charge on any atom is -0.392 e. The molecular weight excluding hydrogens is 251 g/mol. The first-order valence-electron chi connectivity index (χ1n) is 6.52. The summed E-state index contributed by atoms with van der Waals surface area (Å²) < 4.78 is 13.7. The fraction of sp³-hybridized carbons (Fsp3) is 0.600. The van der Waals surface area contributed by atoms with Crippen molar-refractivity contribution in [1.82, 2.24) is 0 Å². The van der Waals surface area contributed by atoms with E-state index < -0.39 is 6.10 Å². The van der Waals surface area contributed by atoms with Gasteiger partial charge in [-0.15, -0.1) is 0 Å². The third-order valence-electron chi connectivity index (χ3n) is 4.25. The van der Waals surface area contributed by atoms with E-state index in [1.807, 2.05) is 0 Å². The molecule has 0 bridgehead atoms. The number of benzene rings is 1. The molecule has 100 valence electrons. The van der Waals surface area contributed by atoms with Gasteiger partial charge in [0.15, 0.2) is 0 Å². The van der Waals surface area contributed by atoms with E-state index in [0.717, 1.165) is 19.3 Å². The highest BCUT2D eigenvalue weighted by molar-refractivity contribution is 6.30. The number of aliphatic hydroxyl groups excluding tert-OH is 1. The summed E-state index contributed by atoms with van der Waals surface area (Å²) in [4.78, 5) is 0. The Balaban J connectivity index is 2.09. The van der Waals surface area contributed by atoms with Crippen LogP contribution in [0.4, 0.5) is 4.39 Å². The molecule has 1 aromatic carbocycles. The fourth-order valence-electron chi connectivity index (χ4n) is 3.12. The van der Waals surface area contributed by atoms with Gasteiger partial charge in [0.1, 0.15) is 5.82 Å². The smallest absolute Gasteiger partial charge is 0.127 e. The summed E-state index contributed by atoms with van der Waals surface area (Å²) >= 11 is 5.72. The highest BCUT2D eigenvalue weighted by Gasteiger charge is 2.38. The molecule has 1 aliphatic rings. The maximum atomic E-state index is 13.7. The largest absolute Gasteiger partial charge is 0.392 e. The quantitative estimate of drug-likeness (QED) is 0.872. The molecule has 1 saturated carbocycles. The van der Waals surface area contributed by atoms with Crippen molar-refractivity contribution in [3.05, 3.63) is 34.6 Å². The van der Waals surface area contributed by atoms with E-state index in [1.54, 1.807) is 12.1 Å². The van der Waals surface area contributed by atoms with E-state index in [9.17, 15) is 9.50 Å². The lowest BCUT2D eigenvalue weighted by Crippen LogP contribution is -2.31. The first kappa shape index (κ1) is 13.8. The monoisotopic (exact) mass is 270 g/mol. The van der Waals surface area contributed by atoms with E-state index >= 15 is 0 Å². The van der Waals surface area contributed by atoms with Crippen molar-refractivity contribution in [2.75, 3.05) is 0 Å². The molecule has 1 aromatic rings. The summed E-state index contributed by atoms with van der Waals surface area (Å²) in [5.74, 6) is -0.0649. The Morgan fingerprint density at radius 1 is 1.50 bits per heavy atom. The van der Waals surface area contributed by atoms with Gasteiger partial charge in [-0.05, 0) is 41.9 Å². The second-order valence-electron chi connectivity index (χ2n) is 5.99. The van der Waals surface area contributed by atoms with Crippen LogP contribution in [0.5, 0.6) is 0 Å². The molecule has 2 rings (SSSR count). The Kier molecular flexibility index (Phi) is 3.98. The molecule has 0 aromatic heterocycles. The lowest BCUT2D eigenvalue weighted by molar-refractivity contribution is 0.0536. The molecule has 1 nitrogen and oxygen atoms in total. The van der Waals surface area contributed by atoms with Gasteiger partial charge in [-0.3, -0.25) is 0 Å². The van der Waals surface area contributed by atoms with Gasteiger partial charge < -0.3 is 5.11 Å². The SMILES string of the molecule is CC1(C)CCCC1C(O)Cc1ccc(Cl)cc1F. The van der Waals surface area contributed by atoms with Gasteiger partial charge in [0.2, 0.25) is 0 Å². The van der Waals surface area contributed by atoms with Crippen LogP contribution in [0.15, 0.2) is 18.2 Å². The number of hydrogen-bond donors (Lipinski definition) is 1. The summed E-state index contributed by atoms with van der Waals surface area (Å²) in [6.45, 7) is 4.37. The van der Waals surface area contributed by atoms with Crippen LogP contribution >= 0.6 is 11.6 Å². The molecule has 0 radical (unpaired) electrons. The molecule has 1 fully saturated rings. The zero-order valence-corrected chi connectivity index (χ0v) is 11.7. The number of halogens is 2. The summed E-state index contributed by atoms with van der Waals surface area (Å²) in [6, 6.07) is 4.65. The van der Waals surface area contributed by atoms with E-state index in [-0.39, 0.29) is 17.2 Å². The van der Waals surface area contributed by atoms with Crippen LogP contribution in [-0.4, -0.2) is 11.2 Å². The molecule has 0 amide bonds. The maximum Gasteiger partial charge on any atom is 0.127 e. The Morgan fingerprint density at radius 3 is 2.78 bits per heavy atom. The van der Waals surface area contributed by atoms with Crippen LogP contribution in [0.2, 0.25) is 5.02 Å². The topological polar surface area (TPSA) is 20.2 Å². The number of rotatable bonds is 3. The minimum absolute atomic E-state index is 0.155. The number of hydrogen-bond acceptors (Lipinski definition) is 1. The summed E-state index contributed by atoms with van der Waals surface area (Å²) in [7, 11) is 0. The molecule has 0 spiro atoms. The first-order valence-corrected chi connectivity index (χ1v) is 6.90. The standard InChI is InChI=1S/C15H20ClFO/c1-15(2)7-3-4-12(15)14(18)8-10-5-6-11(16)9-13(10)17/h5-6,9,12,14,18H,3-4,7-8H2,1-2H3. The maximum absolute atomic E-state index is 13.7. The average molecular weight is 271 g/mol. The van der Waals surface area contributed by atoms with Crippen LogP contribution in [0.1, 0.15) is 38.7 Å². The van der Waals surface area contributed by atoms with Crippen LogP contribution in [0.3, 0.4) is 0 Å². The van der Waals surface area contributed by atoms with Crippen molar-refractivity contribution < 1.29 is 9.50 Å². The van der Waals surface area contributed by atoms with Crippen molar-refractivity contribution in [3.63, 3.8) is 0 Å². The molecule has 3 heteroatoms. The lowest BCUT2D eigenvalue weighted by atomic mass is 9.77. The second kappa shape index (κ2) is 5.18. The lowest BCUT2D eigenvalue weighted by Gasteiger charge is -2.31. The average Bonchev–Trinajstić information content (AvgIpc) is 2.62. The predicted molar refractivity (Wildman–Crippen MR) is 72.2 cm³/mol. The van der Waals surface area contributed by atoms with Crippen LogP contribution in [0, 0.1) is 17.2 Å². The van der Waals surface area contributed by atoms with Gasteiger partial charge >= 0.3 is 0 Å². The van der Waals surface area contributed by atoms with Gasteiger partial charge in [-0.25, -0.2) is 4.39 Å². The van der Waals surface area contributed by atoms with Crippen molar-refractivity contribution in [2.45, 2.75) is 45.6 Å². The predicted octanol–water partition coefficient (Wildman–Crippen LogP) is 4.21. The molecule has 2 unspecified atom stereocenters. The van der Waals surface area contributed by atoms with E-state index in [1.165, 1.54) is 6.07 Å². The zero-order valence-electron chi connectivity index (χ0n) is 10.9.